The lowest BCUT2D eigenvalue weighted by atomic mass is 9.78. The van der Waals surface area contributed by atoms with E-state index in [1.165, 1.54) is 20.0 Å². The predicted octanol–water partition coefficient (Wildman–Crippen LogP) is 4.15. The number of carbonyl (C=O) groups is 1. The Balaban J connectivity index is 2.89. The molecule has 0 unspecified atom stereocenters. The average molecular weight is 285 g/mol. The molecule has 1 aromatic rings. The van der Waals surface area contributed by atoms with Crippen molar-refractivity contribution in [3.63, 3.8) is 0 Å². The Morgan fingerprint density at radius 2 is 2.00 bits per heavy atom. The van der Waals surface area contributed by atoms with Crippen molar-refractivity contribution in [2.24, 2.45) is 0 Å². The van der Waals surface area contributed by atoms with Crippen molar-refractivity contribution >= 4 is 5.97 Å². The van der Waals surface area contributed by atoms with Crippen LogP contribution in [0.25, 0.3) is 0 Å². The molecule has 0 saturated carbocycles. The number of carbonyl (C=O) groups excluding carboxylic acids is 1. The second-order valence-corrected chi connectivity index (χ2v) is 5.05. The number of ether oxygens (including phenoxy) is 1. The summed E-state index contributed by atoms with van der Waals surface area (Å²) < 4.78 is 4.86. The molecule has 3 heteroatoms. The first kappa shape index (κ1) is 17.0. The fourth-order valence-corrected chi connectivity index (χ4v) is 2.26. The highest BCUT2D eigenvalue weighted by molar-refractivity contribution is 5.87. The largest absolute Gasteiger partial charge is 0.468 e. The summed E-state index contributed by atoms with van der Waals surface area (Å²) in [5, 5.41) is 9.59. The lowest BCUT2D eigenvalue weighted by Gasteiger charge is -2.22. The Labute approximate surface area is 127 Å². The Morgan fingerprint density at radius 3 is 2.57 bits per heavy atom. The molecule has 0 saturated heterocycles. The van der Waals surface area contributed by atoms with E-state index in [9.17, 15) is 10.1 Å². The monoisotopic (exact) mass is 285 g/mol. The number of nitrogens with zero attached hydrogens (tertiary/aromatic N) is 1. The van der Waals surface area contributed by atoms with Gasteiger partial charge in [-0.15, -0.1) is 0 Å². The molecule has 3 nitrogen and oxygen atoms in total. The van der Waals surface area contributed by atoms with E-state index >= 15 is 0 Å². The van der Waals surface area contributed by atoms with Crippen molar-refractivity contribution in [1.29, 1.82) is 5.26 Å². The molecule has 0 spiro atoms. The van der Waals surface area contributed by atoms with Crippen LogP contribution in [-0.2, 0) is 14.9 Å². The Bertz CT molecular complexity index is 502. The van der Waals surface area contributed by atoms with Crippen LogP contribution < -0.4 is 0 Å². The first-order valence-electron chi connectivity index (χ1n) is 7.41. The van der Waals surface area contributed by atoms with Crippen molar-refractivity contribution in [3.05, 3.63) is 48.0 Å². The van der Waals surface area contributed by atoms with Gasteiger partial charge in [0, 0.05) is 0 Å². The highest BCUT2D eigenvalue weighted by Gasteiger charge is 2.40. The molecule has 0 N–H and O–H groups in total. The Hall–Kier alpha value is -2.08. The highest BCUT2D eigenvalue weighted by atomic mass is 16.5. The fraction of sp³-hybridized carbons (Fsp3) is 0.444. The van der Waals surface area contributed by atoms with E-state index in [4.69, 9.17) is 4.74 Å². The third kappa shape index (κ3) is 4.46. The molecule has 0 amide bonds. The number of hydrogen-bond acceptors (Lipinski definition) is 3. The minimum absolute atomic E-state index is 0.340. The molecule has 0 heterocycles. The summed E-state index contributed by atoms with van der Waals surface area (Å²) in [6.07, 6.45) is 8.80. The maximum absolute atomic E-state index is 12.2. The molecule has 0 aliphatic rings. The van der Waals surface area contributed by atoms with E-state index in [-0.39, 0.29) is 0 Å². The summed E-state index contributed by atoms with van der Waals surface area (Å²) in [7, 11) is 1.32. The molecular weight excluding hydrogens is 262 g/mol. The van der Waals surface area contributed by atoms with Crippen LogP contribution in [0.3, 0.4) is 0 Å². The first-order valence-corrected chi connectivity index (χ1v) is 7.41. The maximum atomic E-state index is 12.2. The van der Waals surface area contributed by atoms with Crippen LogP contribution in [0, 0.1) is 11.3 Å². The highest BCUT2D eigenvalue weighted by Crippen LogP contribution is 2.29. The molecule has 0 aromatic heterocycles. The van der Waals surface area contributed by atoms with E-state index in [0.29, 0.717) is 12.0 Å². The van der Waals surface area contributed by atoms with Crippen LogP contribution in [0.4, 0.5) is 0 Å². The zero-order chi connectivity index (χ0) is 15.6. The van der Waals surface area contributed by atoms with Gasteiger partial charge in [0.2, 0.25) is 0 Å². The summed E-state index contributed by atoms with van der Waals surface area (Å²) in [6, 6.07) is 11.3. The van der Waals surface area contributed by atoms with Gasteiger partial charge in [-0.05, 0) is 24.8 Å². The molecule has 1 aromatic carbocycles. The Morgan fingerprint density at radius 1 is 1.29 bits per heavy atom. The zero-order valence-electron chi connectivity index (χ0n) is 12.8. The minimum atomic E-state index is -1.25. The smallest absolute Gasteiger partial charge is 0.331 e. The molecule has 0 bridgehead atoms. The van der Waals surface area contributed by atoms with E-state index < -0.39 is 11.4 Å². The van der Waals surface area contributed by atoms with Gasteiger partial charge in [-0.25, -0.2) is 4.79 Å². The minimum Gasteiger partial charge on any atom is -0.468 e. The number of hydrogen-bond donors (Lipinski definition) is 0. The fourth-order valence-electron chi connectivity index (χ4n) is 2.26. The summed E-state index contributed by atoms with van der Waals surface area (Å²) in [4.78, 5) is 12.2. The molecule has 0 radical (unpaired) electrons. The van der Waals surface area contributed by atoms with Gasteiger partial charge < -0.3 is 4.74 Å². The van der Waals surface area contributed by atoms with Crippen molar-refractivity contribution < 1.29 is 9.53 Å². The van der Waals surface area contributed by atoms with Crippen molar-refractivity contribution in [2.45, 2.75) is 44.4 Å². The first-order chi connectivity index (χ1) is 10.2. The SMILES string of the molecule is CCCCC/C=C/C[C@](C#N)(C(=O)OC)c1ccccc1. The number of methoxy groups -OCH3 is 1. The van der Waals surface area contributed by atoms with E-state index in [0.717, 1.165) is 12.8 Å². The number of allylic oxidation sites excluding steroid dienone is 2. The van der Waals surface area contributed by atoms with Crippen LogP contribution >= 0.6 is 0 Å². The van der Waals surface area contributed by atoms with Crippen LogP contribution in [0.2, 0.25) is 0 Å². The average Bonchev–Trinajstić information content (AvgIpc) is 2.55. The Kier molecular flexibility index (Phi) is 7.25. The summed E-state index contributed by atoms with van der Waals surface area (Å²) >= 11 is 0. The van der Waals surface area contributed by atoms with Crippen LogP contribution in [0.1, 0.15) is 44.6 Å². The second kappa shape index (κ2) is 8.97. The summed E-state index contributed by atoms with van der Waals surface area (Å²) in [5.74, 6) is -0.505. The van der Waals surface area contributed by atoms with Gasteiger partial charge in [-0.1, -0.05) is 62.2 Å². The number of nitriles is 1. The summed E-state index contributed by atoms with van der Waals surface area (Å²) in [5.41, 5.74) is -0.574. The van der Waals surface area contributed by atoms with Gasteiger partial charge >= 0.3 is 5.97 Å². The van der Waals surface area contributed by atoms with E-state index in [2.05, 4.69) is 13.0 Å². The molecule has 0 aliphatic heterocycles. The van der Waals surface area contributed by atoms with Gasteiger partial charge in [0.1, 0.15) is 0 Å². The van der Waals surface area contributed by atoms with Crippen molar-refractivity contribution in [2.75, 3.05) is 7.11 Å². The quantitative estimate of drug-likeness (QED) is 0.409. The lowest BCUT2D eigenvalue weighted by molar-refractivity contribution is -0.145. The molecule has 0 fully saturated rings. The standard InChI is InChI=1S/C18H23NO2/c1-3-4-5-6-7-11-14-18(15-19,17(20)21-2)16-12-9-8-10-13-16/h7-13H,3-6,14H2,1-2H3/b11-7+/t18-/m1/s1. The number of unbranched alkanes of at least 4 members (excludes halogenated alkanes) is 3. The third-order valence-electron chi connectivity index (χ3n) is 3.56. The van der Waals surface area contributed by atoms with Gasteiger partial charge in [-0.2, -0.15) is 5.26 Å². The number of benzene rings is 1. The van der Waals surface area contributed by atoms with Crippen molar-refractivity contribution in [3.8, 4) is 6.07 Å². The second-order valence-electron chi connectivity index (χ2n) is 5.05. The van der Waals surface area contributed by atoms with E-state index in [1.807, 2.05) is 30.4 Å². The molecule has 112 valence electrons. The molecular formula is C18H23NO2. The number of rotatable bonds is 8. The van der Waals surface area contributed by atoms with Crippen LogP contribution in [-0.4, -0.2) is 13.1 Å². The van der Waals surface area contributed by atoms with Gasteiger partial charge in [0.25, 0.3) is 0 Å². The summed E-state index contributed by atoms with van der Waals surface area (Å²) in [6.45, 7) is 2.16. The van der Waals surface area contributed by atoms with Crippen LogP contribution in [0.5, 0.6) is 0 Å². The maximum Gasteiger partial charge on any atom is 0.331 e. The van der Waals surface area contributed by atoms with Crippen LogP contribution in [0.15, 0.2) is 42.5 Å². The van der Waals surface area contributed by atoms with Gasteiger partial charge in [0.15, 0.2) is 5.41 Å². The third-order valence-corrected chi connectivity index (χ3v) is 3.56. The normalized spacial score (nSPS) is 13.6. The topological polar surface area (TPSA) is 50.1 Å². The number of esters is 1. The zero-order valence-corrected chi connectivity index (χ0v) is 12.8. The lowest BCUT2D eigenvalue weighted by Crippen LogP contribution is -2.35. The van der Waals surface area contributed by atoms with Gasteiger partial charge in [0.05, 0.1) is 13.2 Å². The van der Waals surface area contributed by atoms with Crippen molar-refractivity contribution in [1.82, 2.24) is 0 Å². The van der Waals surface area contributed by atoms with Gasteiger partial charge in [-0.3, -0.25) is 0 Å². The molecule has 21 heavy (non-hydrogen) atoms. The molecule has 0 aliphatic carbocycles. The molecule has 1 atom stereocenters. The predicted molar refractivity (Wildman–Crippen MR) is 83.6 cm³/mol. The molecule has 1 rings (SSSR count). The van der Waals surface area contributed by atoms with E-state index in [1.54, 1.807) is 12.1 Å².